The number of hydrogen-bond donors (Lipinski definition) is 0. The summed E-state index contributed by atoms with van der Waals surface area (Å²) in [6.45, 7) is 1.12. The van der Waals surface area contributed by atoms with Crippen molar-refractivity contribution >= 4 is 5.97 Å². The number of halogens is 9. The first-order valence-corrected chi connectivity index (χ1v) is 6.85. The zero-order chi connectivity index (χ0) is 19.4. The molecule has 0 saturated heterocycles. The summed E-state index contributed by atoms with van der Waals surface area (Å²) in [5.41, 5.74) is 0. The summed E-state index contributed by atoms with van der Waals surface area (Å²) < 4.78 is 119. The Hall–Kier alpha value is -1.16. The van der Waals surface area contributed by atoms with Crippen LogP contribution in [0.1, 0.15) is 39.5 Å². The standard InChI is InChI=1S/C13H17F9O2/c1-3-8(2)9(23)24-7-12(18,19)5-10(14,15)4-11(16,17)6-13(20,21)22/h8H,3-7H2,1-2H3. The largest absolute Gasteiger partial charge is 0.459 e. The lowest BCUT2D eigenvalue weighted by atomic mass is 10.0. The lowest BCUT2D eigenvalue weighted by Gasteiger charge is -2.27. The molecule has 0 aliphatic heterocycles. The summed E-state index contributed by atoms with van der Waals surface area (Å²) in [6.07, 6.45) is -13.2. The molecule has 0 aliphatic rings. The maximum atomic E-state index is 13.3. The van der Waals surface area contributed by atoms with Gasteiger partial charge in [-0.3, -0.25) is 4.79 Å². The Bertz CT molecular complexity index is 418. The van der Waals surface area contributed by atoms with E-state index in [1.54, 1.807) is 6.92 Å². The minimum Gasteiger partial charge on any atom is -0.459 e. The van der Waals surface area contributed by atoms with Crippen molar-refractivity contribution in [2.75, 3.05) is 6.61 Å². The summed E-state index contributed by atoms with van der Waals surface area (Å²) in [6, 6.07) is 0. The molecule has 0 aliphatic carbocycles. The van der Waals surface area contributed by atoms with Gasteiger partial charge >= 0.3 is 12.1 Å². The Morgan fingerprint density at radius 2 is 1.25 bits per heavy atom. The van der Waals surface area contributed by atoms with Crippen LogP contribution in [-0.2, 0) is 9.53 Å². The highest BCUT2D eigenvalue weighted by atomic mass is 19.4. The molecular formula is C13H17F9O2. The summed E-state index contributed by atoms with van der Waals surface area (Å²) in [5, 5.41) is 0. The SMILES string of the molecule is CCC(C)C(=O)OCC(F)(F)CC(F)(F)CC(F)(F)CC(F)(F)F. The number of ether oxygens (including phenoxy) is 1. The number of carbonyl (C=O) groups excluding carboxylic acids is 1. The average Bonchev–Trinajstić information content (AvgIpc) is 2.28. The topological polar surface area (TPSA) is 26.3 Å². The van der Waals surface area contributed by atoms with Crippen LogP contribution in [0.3, 0.4) is 0 Å². The first-order valence-electron chi connectivity index (χ1n) is 6.85. The summed E-state index contributed by atoms with van der Waals surface area (Å²) in [4.78, 5) is 11.2. The third-order valence-corrected chi connectivity index (χ3v) is 2.93. The lowest BCUT2D eigenvalue weighted by Crippen LogP contribution is -2.39. The number of rotatable bonds is 9. The van der Waals surface area contributed by atoms with Crippen molar-refractivity contribution in [2.24, 2.45) is 5.92 Å². The van der Waals surface area contributed by atoms with E-state index in [4.69, 9.17) is 0 Å². The highest BCUT2D eigenvalue weighted by Gasteiger charge is 2.53. The molecule has 0 bridgehead atoms. The van der Waals surface area contributed by atoms with Crippen LogP contribution in [0.25, 0.3) is 0 Å². The fourth-order valence-corrected chi connectivity index (χ4v) is 1.71. The molecule has 0 heterocycles. The van der Waals surface area contributed by atoms with Crippen LogP contribution in [0, 0.1) is 5.92 Å². The summed E-state index contributed by atoms with van der Waals surface area (Å²) in [7, 11) is 0. The van der Waals surface area contributed by atoms with E-state index in [0.29, 0.717) is 0 Å². The van der Waals surface area contributed by atoms with E-state index in [1.807, 2.05) is 0 Å². The van der Waals surface area contributed by atoms with Crippen LogP contribution >= 0.6 is 0 Å². The van der Waals surface area contributed by atoms with Gasteiger partial charge in [0.1, 0.15) is 6.42 Å². The van der Waals surface area contributed by atoms with Crippen LogP contribution in [0.2, 0.25) is 0 Å². The van der Waals surface area contributed by atoms with Crippen molar-refractivity contribution in [3.63, 3.8) is 0 Å². The van der Waals surface area contributed by atoms with E-state index in [0.717, 1.165) is 0 Å². The minimum absolute atomic E-state index is 0.240. The predicted octanol–water partition coefficient (Wildman–Crippen LogP) is 5.21. The minimum atomic E-state index is -5.42. The maximum absolute atomic E-state index is 13.3. The van der Waals surface area contributed by atoms with Gasteiger partial charge in [0.05, 0.1) is 18.8 Å². The number of alkyl halides is 9. The molecular weight excluding hydrogens is 359 g/mol. The molecule has 0 aromatic rings. The molecule has 1 atom stereocenters. The van der Waals surface area contributed by atoms with Gasteiger partial charge in [-0.15, -0.1) is 0 Å². The van der Waals surface area contributed by atoms with Crippen molar-refractivity contribution in [3.8, 4) is 0 Å². The third kappa shape index (κ3) is 9.86. The van der Waals surface area contributed by atoms with Gasteiger partial charge in [-0.05, 0) is 6.42 Å². The quantitative estimate of drug-likeness (QED) is 0.408. The molecule has 24 heavy (non-hydrogen) atoms. The number of carbonyl (C=O) groups is 1. The summed E-state index contributed by atoms with van der Waals surface area (Å²) >= 11 is 0. The van der Waals surface area contributed by atoms with Crippen LogP contribution in [0.15, 0.2) is 0 Å². The van der Waals surface area contributed by atoms with Crippen LogP contribution in [0.4, 0.5) is 39.5 Å². The first kappa shape index (κ1) is 22.8. The van der Waals surface area contributed by atoms with E-state index >= 15 is 0 Å². The van der Waals surface area contributed by atoms with E-state index in [1.165, 1.54) is 6.92 Å². The van der Waals surface area contributed by atoms with Gasteiger partial charge in [0.15, 0.2) is 6.61 Å². The third-order valence-electron chi connectivity index (χ3n) is 2.93. The van der Waals surface area contributed by atoms with Crippen molar-refractivity contribution in [2.45, 2.75) is 63.5 Å². The Balaban J connectivity index is 4.73. The predicted molar refractivity (Wildman–Crippen MR) is 65.2 cm³/mol. The van der Waals surface area contributed by atoms with E-state index in [9.17, 15) is 44.3 Å². The van der Waals surface area contributed by atoms with Gasteiger partial charge in [-0.2, -0.15) is 13.2 Å². The second-order valence-corrected chi connectivity index (χ2v) is 5.63. The lowest BCUT2D eigenvalue weighted by molar-refractivity contribution is -0.217. The molecule has 0 saturated carbocycles. The molecule has 144 valence electrons. The van der Waals surface area contributed by atoms with Crippen LogP contribution in [0.5, 0.6) is 0 Å². The van der Waals surface area contributed by atoms with Crippen molar-refractivity contribution < 1.29 is 49.0 Å². The summed E-state index contributed by atoms with van der Waals surface area (Å²) in [5.74, 6) is -15.9. The van der Waals surface area contributed by atoms with Crippen molar-refractivity contribution in [1.29, 1.82) is 0 Å². The molecule has 11 heteroatoms. The second kappa shape index (κ2) is 7.81. The Labute approximate surface area is 132 Å². The van der Waals surface area contributed by atoms with Gasteiger partial charge < -0.3 is 4.74 Å². The van der Waals surface area contributed by atoms with Gasteiger partial charge in [-0.25, -0.2) is 26.3 Å². The molecule has 0 fully saturated rings. The fraction of sp³-hybridized carbons (Fsp3) is 0.923. The monoisotopic (exact) mass is 376 g/mol. The molecule has 0 amide bonds. The van der Waals surface area contributed by atoms with Gasteiger partial charge in [-0.1, -0.05) is 13.8 Å². The molecule has 0 N–H and O–H groups in total. The Kier molecular flexibility index (Phi) is 7.44. The van der Waals surface area contributed by atoms with E-state index < -0.39 is 61.7 Å². The number of esters is 1. The average molecular weight is 376 g/mol. The van der Waals surface area contributed by atoms with Crippen molar-refractivity contribution in [1.82, 2.24) is 0 Å². The number of hydrogen-bond acceptors (Lipinski definition) is 2. The smallest absolute Gasteiger partial charge is 0.394 e. The molecule has 0 aromatic carbocycles. The normalized spacial score (nSPS) is 15.3. The molecule has 1 unspecified atom stereocenters. The highest BCUT2D eigenvalue weighted by molar-refractivity contribution is 5.71. The van der Waals surface area contributed by atoms with E-state index in [-0.39, 0.29) is 6.42 Å². The van der Waals surface area contributed by atoms with E-state index in [2.05, 4.69) is 4.74 Å². The van der Waals surface area contributed by atoms with Gasteiger partial charge in [0, 0.05) is 0 Å². The molecule has 0 rings (SSSR count). The second-order valence-electron chi connectivity index (χ2n) is 5.63. The zero-order valence-electron chi connectivity index (χ0n) is 12.8. The first-order chi connectivity index (χ1) is 10.5. The Morgan fingerprint density at radius 1 is 0.833 bits per heavy atom. The Morgan fingerprint density at radius 3 is 1.67 bits per heavy atom. The molecule has 0 radical (unpaired) electrons. The molecule has 0 aromatic heterocycles. The molecule has 2 nitrogen and oxygen atoms in total. The fourth-order valence-electron chi connectivity index (χ4n) is 1.71. The molecule has 0 spiro atoms. The zero-order valence-corrected chi connectivity index (χ0v) is 12.8. The van der Waals surface area contributed by atoms with Gasteiger partial charge in [0.2, 0.25) is 0 Å². The maximum Gasteiger partial charge on any atom is 0.394 e. The van der Waals surface area contributed by atoms with Crippen molar-refractivity contribution in [3.05, 3.63) is 0 Å². The van der Waals surface area contributed by atoms with Crippen LogP contribution in [-0.4, -0.2) is 36.5 Å². The van der Waals surface area contributed by atoms with Crippen LogP contribution < -0.4 is 0 Å². The van der Waals surface area contributed by atoms with Gasteiger partial charge in [0.25, 0.3) is 17.8 Å². The highest BCUT2D eigenvalue weighted by Crippen LogP contribution is 2.42.